The van der Waals surface area contributed by atoms with Gasteiger partial charge in [0.1, 0.15) is 17.1 Å². The van der Waals surface area contributed by atoms with Crippen LogP contribution in [0.5, 0.6) is 11.5 Å². The highest BCUT2D eigenvalue weighted by Gasteiger charge is 2.16. The van der Waals surface area contributed by atoms with Gasteiger partial charge in [-0.25, -0.2) is 4.98 Å². The number of aromatic nitrogens is 2. The number of ether oxygens (including phenoxy) is 2. The smallest absolute Gasteiger partial charge is 0.251 e. The van der Waals surface area contributed by atoms with Crippen LogP contribution in [0.1, 0.15) is 23.2 Å². The average molecular weight is 505 g/mol. The molecule has 1 atom stereocenters. The molecule has 1 aliphatic heterocycles. The summed E-state index contributed by atoms with van der Waals surface area (Å²) in [6.45, 7) is 2.74. The van der Waals surface area contributed by atoms with Crippen molar-refractivity contribution < 1.29 is 14.3 Å². The first-order valence-electron chi connectivity index (χ1n) is 12.1. The van der Waals surface area contributed by atoms with Crippen molar-refractivity contribution in [3.05, 3.63) is 71.5 Å². The van der Waals surface area contributed by atoms with Crippen LogP contribution >= 0.6 is 11.6 Å². The zero-order chi connectivity index (χ0) is 25.1. The fourth-order valence-electron chi connectivity index (χ4n) is 4.60. The molecule has 7 nitrogen and oxygen atoms in total. The molecule has 8 heteroatoms. The van der Waals surface area contributed by atoms with Gasteiger partial charge in [-0.15, -0.1) is 0 Å². The zero-order valence-corrected chi connectivity index (χ0v) is 21.1. The summed E-state index contributed by atoms with van der Waals surface area (Å²) in [6, 6.07) is 15.3. The second kappa shape index (κ2) is 10.6. The third-order valence-electron chi connectivity index (χ3n) is 6.64. The number of pyridine rings is 1. The second-order valence-corrected chi connectivity index (χ2v) is 9.40. The number of carbonyl (C=O) groups is 1. The van der Waals surface area contributed by atoms with E-state index in [1.807, 2.05) is 53.2 Å². The number of nitrogens with zero attached hydrogens (tertiary/aromatic N) is 2. The SMILES string of the molecule is COc1cc(OC)c(-c2cn3ccc(-c4ccc(C(=O)NCC5CCCNC5)cc4)cc3n2)cc1Cl. The van der Waals surface area contributed by atoms with Gasteiger partial charge in [0.15, 0.2) is 0 Å². The quantitative estimate of drug-likeness (QED) is 0.367. The Balaban J connectivity index is 1.34. The van der Waals surface area contributed by atoms with Crippen LogP contribution in [-0.2, 0) is 0 Å². The first-order valence-corrected chi connectivity index (χ1v) is 12.4. The Hall–Kier alpha value is -3.55. The number of nitrogens with one attached hydrogen (secondary N) is 2. The number of halogens is 1. The molecule has 5 rings (SSSR count). The van der Waals surface area contributed by atoms with Crippen LogP contribution in [0.4, 0.5) is 0 Å². The van der Waals surface area contributed by atoms with Gasteiger partial charge < -0.3 is 24.5 Å². The molecule has 1 unspecified atom stereocenters. The highest BCUT2D eigenvalue weighted by atomic mass is 35.5. The highest BCUT2D eigenvalue weighted by Crippen LogP contribution is 2.38. The van der Waals surface area contributed by atoms with E-state index in [9.17, 15) is 4.79 Å². The third-order valence-corrected chi connectivity index (χ3v) is 6.94. The van der Waals surface area contributed by atoms with Gasteiger partial charge in [0, 0.05) is 36.1 Å². The molecule has 2 N–H and O–H groups in total. The molecule has 0 spiro atoms. The van der Waals surface area contributed by atoms with Crippen molar-refractivity contribution in [2.45, 2.75) is 12.8 Å². The van der Waals surface area contributed by atoms with E-state index >= 15 is 0 Å². The number of benzene rings is 2. The van der Waals surface area contributed by atoms with Gasteiger partial charge in [0.25, 0.3) is 5.91 Å². The monoisotopic (exact) mass is 504 g/mol. The van der Waals surface area contributed by atoms with Gasteiger partial charge in [-0.3, -0.25) is 4.79 Å². The lowest BCUT2D eigenvalue weighted by Crippen LogP contribution is -2.38. The Morgan fingerprint density at radius 1 is 1.11 bits per heavy atom. The van der Waals surface area contributed by atoms with Crippen LogP contribution in [0.25, 0.3) is 28.0 Å². The van der Waals surface area contributed by atoms with Crippen LogP contribution in [0.15, 0.2) is 60.9 Å². The fraction of sp³-hybridized carbons (Fsp3) is 0.286. The second-order valence-electron chi connectivity index (χ2n) is 8.99. The fourth-order valence-corrected chi connectivity index (χ4v) is 4.84. The van der Waals surface area contributed by atoms with Gasteiger partial charge in [-0.05, 0) is 73.3 Å². The summed E-state index contributed by atoms with van der Waals surface area (Å²) in [7, 11) is 3.18. The molecule has 36 heavy (non-hydrogen) atoms. The van der Waals surface area contributed by atoms with E-state index in [1.165, 1.54) is 6.42 Å². The number of methoxy groups -OCH3 is 2. The number of amides is 1. The summed E-state index contributed by atoms with van der Waals surface area (Å²) in [5.74, 6) is 1.65. The number of imidazole rings is 1. The van der Waals surface area contributed by atoms with Crippen molar-refractivity contribution in [3.63, 3.8) is 0 Å². The molecule has 1 amide bonds. The Kier molecular flexibility index (Phi) is 7.11. The largest absolute Gasteiger partial charge is 0.496 e. The molecule has 2 aromatic carbocycles. The van der Waals surface area contributed by atoms with Gasteiger partial charge in [-0.2, -0.15) is 0 Å². The maximum Gasteiger partial charge on any atom is 0.251 e. The lowest BCUT2D eigenvalue weighted by atomic mass is 9.99. The van der Waals surface area contributed by atoms with Crippen molar-refractivity contribution in [2.24, 2.45) is 5.92 Å². The van der Waals surface area contributed by atoms with E-state index in [4.69, 9.17) is 26.1 Å². The van der Waals surface area contributed by atoms with E-state index in [-0.39, 0.29) is 5.91 Å². The standard InChI is InChI=1S/C28H29ClN4O3/c1-35-25-14-26(36-2)23(29)13-22(25)24-17-33-11-9-21(12-27(33)32-24)19-5-7-20(8-6-19)28(34)31-16-18-4-3-10-30-15-18/h5-9,11-14,17-18,30H,3-4,10,15-16H2,1-2H3,(H,31,34). The Labute approximate surface area is 215 Å². The maximum atomic E-state index is 12.6. The molecule has 1 fully saturated rings. The minimum Gasteiger partial charge on any atom is -0.496 e. The molecule has 0 aliphatic carbocycles. The van der Waals surface area contributed by atoms with Crippen LogP contribution in [0.2, 0.25) is 5.02 Å². The lowest BCUT2D eigenvalue weighted by molar-refractivity contribution is 0.0945. The molecule has 1 aliphatic rings. The zero-order valence-electron chi connectivity index (χ0n) is 20.4. The number of fused-ring (bicyclic) bond motifs is 1. The van der Waals surface area contributed by atoms with Crippen molar-refractivity contribution in [2.75, 3.05) is 33.9 Å². The molecule has 2 aromatic heterocycles. The number of rotatable bonds is 7. The summed E-state index contributed by atoms with van der Waals surface area (Å²) >= 11 is 6.36. The van der Waals surface area contributed by atoms with Crippen molar-refractivity contribution >= 4 is 23.2 Å². The van der Waals surface area contributed by atoms with Crippen LogP contribution in [-0.4, -0.2) is 49.1 Å². The Morgan fingerprint density at radius 2 is 1.92 bits per heavy atom. The van der Waals surface area contributed by atoms with E-state index < -0.39 is 0 Å². The average Bonchev–Trinajstić information content (AvgIpc) is 3.35. The predicted molar refractivity (Wildman–Crippen MR) is 142 cm³/mol. The van der Waals surface area contributed by atoms with Gasteiger partial charge in [-0.1, -0.05) is 23.7 Å². The van der Waals surface area contributed by atoms with E-state index in [1.54, 1.807) is 26.4 Å². The molecule has 0 saturated carbocycles. The minimum atomic E-state index is -0.0347. The summed E-state index contributed by atoms with van der Waals surface area (Å²) in [6.07, 6.45) is 6.23. The third kappa shape index (κ3) is 5.03. The first kappa shape index (κ1) is 24.2. The summed E-state index contributed by atoms with van der Waals surface area (Å²) < 4.78 is 12.8. The molecule has 0 bridgehead atoms. The topological polar surface area (TPSA) is 76.9 Å². The molecule has 3 heterocycles. The molecule has 1 saturated heterocycles. The summed E-state index contributed by atoms with van der Waals surface area (Å²) in [5, 5.41) is 6.95. The normalized spacial score (nSPS) is 15.6. The number of hydrogen-bond acceptors (Lipinski definition) is 5. The van der Waals surface area contributed by atoms with E-state index in [2.05, 4.69) is 10.6 Å². The molecular weight excluding hydrogens is 476 g/mol. The van der Waals surface area contributed by atoms with Crippen molar-refractivity contribution in [1.82, 2.24) is 20.0 Å². The van der Waals surface area contributed by atoms with Crippen LogP contribution in [0, 0.1) is 5.92 Å². The first-order chi connectivity index (χ1) is 17.6. The molecule has 4 aromatic rings. The van der Waals surface area contributed by atoms with Crippen molar-refractivity contribution in [3.8, 4) is 33.9 Å². The van der Waals surface area contributed by atoms with Crippen molar-refractivity contribution in [1.29, 1.82) is 0 Å². The number of hydrogen-bond donors (Lipinski definition) is 2. The Morgan fingerprint density at radius 3 is 2.64 bits per heavy atom. The predicted octanol–water partition coefficient (Wildman–Crippen LogP) is 5.07. The molecule has 186 valence electrons. The Bertz CT molecular complexity index is 1380. The van der Waals surface area contributed by atoms with Gasteiger partial charge in [0.05, 0.1) is 24.9 Å². The van der Waals surface area contributed by atoms with E-state index in [0.29, 0.717) is 34.5 Å². The highest BCUT2D eigenvalue weighted by molar-refractivity contribution is 6.32. The summed E-state index contributed by atoms with van der Waals surface area (Å²) in [4.78, 5) is 17.4. The lowest BCUT2D eigenvalue weighted by Gasteiger charge is -2.22. The number of carbonyl (C=O) groups excluding carboxylic acids is 1. The van der Waals surface area contributed by atoms with E-state index in [0.717, 1.165) is 47.5 Å². The van der Waals surface area contributed by atoms with Crippen LogP contribution < -0.4 is 20.1 Å². The number of piperidine rings is 1. The van der Waals surface area contributed by atoms with Gasteiger partial charge >= 0.3 is 0 Å². The molecular formula is C28H29ClN4O3. The minimum absolute atomic E-state index is 0.0347. The van der Waals surface area contributed by atoms with Crippen LogP contribution in [0.3, 0.4) is 0 Å². The van der Waals surface area contributed by atoms with Gasteiger partial charge in [0.2, 0.25) is 0 Å². The maximum absolute atomic E-state index is 12.6. The molecule has 0 radical (unpaired) electrons. The summed E-state index contributed by atoms with van der Waals surface area (Å²) in [5.41, 5.74) is 5.01.